The van der Waals surface area contributed by atoms with E-state index in [1.54, 1.807) is 0 Å². The summed E-state index contributed by atoms with van der Waals surface area (Å²) in [4.78, 5) is 10.5. The fourth-order valence-electron chi connectivity index (χ4n) is 5.53. The molecule has 0 aromatic heterocycles. The molecular formula is C24H44O. The lowest BCUT2D eigenvalue weighted by molar-refractivity contribution is -0.107. The zero-order chi connectivity index (χ0) is 18.4. The minimum absolute atomic E-state index is 0. The average Bonchev–Trinajstić information content (AvgIpc) is 2.53. The van der Waals surface area contributed by atoms with E-state index < -0.39 is 0 Å². The van der Waals surface area contributed by atoms with E-state index in [9.17, 15) is 4.79 Å². The molecule has 2 fully saturated rings. The van der Waals surface area contributed by atoms with Crippen LogP contribution in [0.3, 0.4) is 0 Å². The van der Waals surface area contributed by atoms with E-state index in [0.717, 1.165) is 18.6 Å². The molecule has 1 nitrogen and oxygen atoms in total. The van der Waals surface area contributed by atoms with E-state index in [0.29, 0.717) is 23.2 Å². The number of aldehydes is 1. The van der Waals surface area contributed by atoms with Gasteiger partial charge in [0, 0.05) is 6.42 Å². The molecule has 2 aliphatic rings. The van der Waals surface area contributed by atoms with Crippen molar-refractivity contribution in [1.82, 2.24) is 0 Å². The van der Waals surface area contributed by atoms with E-state index >= 15 is 0 Å². The molecule has 0 aromatic rings. The van der Waals surface area contributed by atoms with Crippen molar-refractivity contribution < 1.29 is 4.79 Å². The van der Waals surface area contributed by atoms with E-state index in [-0.39, 0.29) is 7.43 Å². The van der Waals surface area contributed by atoms with Crippen LogP contribution in [0.25, 0.3) is 0 Å². The molecule has 3 atom stereocenters. The normalized spacial score (nSPS) is 31.1. The summed E-state index contributed by atoms with van der Waals surface area (Å²) in [6, 6.07) is 0. The number of allylic oxidation sites excluding steroid dienone is 3. The highest BCUT2D eigenvalue weighted by Gasteiger charge is 2.52. The molecule has 2 aliphatic carbocycles. The van der Waals surface area contributed by atoms with Gasteiger partial charge in [-0.1, -0.05) is 72.3 Å². The third-order valence-corrected chi connectivity index (χ3v) is 6.71. The summed E-state index contributed by atoms with van der Waals surface area (Å²) < 4.78 is 0. The Bertz CT molecular complexity index is 457. The number of rotatable bonds is 5. The van der Waals surface area contributed by atoms with Gasteiger partial charge in [0.05, 0.1) is 0 Å². The quantitative estimate of drug-likeness (QED) is 0.366. The van der Waals surface area contributed by atoms with Crippen molar-refractivity contribution in [1.29, 1.82) is 0 Å². The molecule has 0 aliphatic heterocycles. The first kappa shape index (κ1) is 24.1. The minimum atomic E-state index is 0. The molecule has 1 heteroatoms. The second kappa shape index (κ2) is 10.3. The molecule has 0 aromatic carbocycles. The summed E-state index contributed by atoms with van der Waals surface area (Å²) in [5, 5.41) is 0. The number of fused-ring (bicyclic) bond motifs is 1. The Balaban J connectivity index is 0.00000185. The Morgan fingerprint density at radius 3 is 2.48 bits per heavy atom. The second-order valence-electron chi connectivity index (χ2n) is 8.64. The summed E-state index contributed by atoms with van der Waals surface area (Å²) in [7, 11) is 0. The molecule has 2 saturated carbocycles. The third kappa shape index (κ3) is 5.56. The Morgan fingerprint density at radius 1 is 1.24 bits per heavy atom. The SMILES string of the molecule is C.C=C1CCC2C(C)(C)CCC[C@]2(C)[C@H]1CC/C(C)=C/CC=O.CC. The van der Waals surface area contributed by atoms with Crippen molar-refractivity contribution >= 4 is 6.29 Å². The highest BCUT2D eigenvalue weighted by Crippen LogP contribution is 2.61. The maximum absolute atomic E-state index is 10.5. The van der Waals surface area contributed by atoms with E-state index in [1.807, 2.05) is 13.8 Å². The second-order valence-corrected chi connectivity index (χ2v) is 8.64. The first-order valence-electron chi connectivity index (χ1n) is 10.1. The van der Waals surface area contributed by atoms with Gasteiger partial charge in [0.15, 0.2) is 0 Å². The van der Waals surface area contributed by atoms with Gasteiger partial charge in [0.25, 0.3) is 0 Å². The lowest BCUT2D eigenvalue weighted by Gasteiger charge is -2.58. The zero-order valence-electron chi connectivity index (χ0n) is 17.1. The van der Waals surface area contributed by atoms with Crippen LogP contribution in [0.15, 0.2) is 23.8 Å². The predicted octanol–water partition coefficient (Wildman–Crippen LogP) is 7.76. The zero-order valence-corrected chi connectivity index (χ0v) is 17.1. The molecule has 0 radical (unpaired) electrons. The van der Waals surface area contributed by atoms with Crippen LogP contribution >= 0.6 is 0 Å². The molecule has 0 spiro atoms. The fourth-order valence-corrected chi connectivity index (χ4v) is 5.53. The van der Waals surface area contributed by atoms with Gasteiger partial charge in [-0.25, -0.2) is 0 Å². The number of hydrogen-bond acceptors (Lipinski definition) is 1. The van der Waals surface area contributed by atoms with Gasteiger partial charge >= 0.3 is 0 Å². The average molecular weight is 349 g/mol. The topological polar surface area (TPSA) is 17.1 Å². The molecule has 0 heterocycles. The summed E-state index contributed by atoms with van der Waals surface area (Å²) in [6.07, 6.45) is 12.6. The molecule has 25 heavy (non-hydrogen) atoms. The summed E-state index contributed by atoms with van der Waals surface area (Å²) in [6.45, 7) is 18.1. The fraction of sp³-hybridized carbons (Fsp3) is 0.792. The van der Waals surface area contributed by atoms with Gasteiger partial charge in [0.1, 0.15) is 6.29 Å². The van der Waals surface area contributed by atoms with Crippen molar-refractivity contribution in [3.63, 3.8) is 0 Å². The monoisotopic (exact) mass is 348 g/mol. The summed E-state index contributed by atoms with van der Waals surface area (Å²) in [5.74, 6) is 1.49. The van der Waals surface area contributed by atoms with Crippen molar-refractivity contribution in [2.75, 3.05) is 0 Å². The van der Waals surface area contributed by atoms with Crippen LogP contribution in [0.2, 0.25) is 0 Å². The molecule has 1 unspecified atom stereocenters. The molecule has 2 rings (SSSR count). The largest absolute Gasteiger partial charge is 0.303 e. The third-order valence-electron chi connectivity index (χ3n) is 6.71. The van der Waals surface area contributed by atoms with Crippen LogP contribution < -0.4 is 0 Å². The van der Waals surface area contributed by atoms with Gasteiger partial charge in [-0.15, -0.1) is 0 Å². The lowest BCUT2D eigenvalue weighted by atomic mass is 9.47. The standard InChI is InChI=1S/C21H34O.C2H6.CH4/c1-16(8-6-15-22)9-11-18-17(2)10-12-19-20(3,4)13-7-14-21(18,19)5;1-2;/h8,15,18-19H,2,6-7,9-14H2,1,3-5H3;1-2H3;1H4/b16-8+;;/t18-,19?,21+;;/m0../s1. The molecule has 0 amide bonds. The summed E-state index contributed by atoms with van der Waals surface area (Å²) in [5.41, 5.74) is 3.76. The number of carbonyl (C=O) groups is 1. The van der Waals surface area contributed by atoms with Crippen molar-refractivity contribution in [2.24, 2.45) is 22.7 Å². The molecule has 0 saturated heterocycles. The molecule has 0 bridgehead atoms. The maximum Gasteiger partial charge on any atom is 0.123 e. The van der Waals surface area contributed by atoms with Gasteiger partial charge in [-0.2, -0.15) is 0 Å². The van der Waals surface area contributed by atoms with Crippen molar-refractivity contribution in [3.8, 4) is 0 Å². The van der Waals surface area contributed by atoms with Crippen LogP contribution in [0, 0.1) is 22.7 Å². The Kier molecular flexibility index (Phi) is 9.98. The van der Waals surface area contributed by atoms with E-state index in [4.69, 9.17) is 0 Å². The maximum atomic E-state index is 10.5. The number of carbonyl (C=O) groups excluding carboxylic acids is 1. The summed E-state index contributed by atoms with van der Waals surface area (Å²) >= 11 is 0. The van der Waals surface area contributed by atoms with Crippen molar-refractivity contribution in [2.45, 2.75) is 100 Å². The highest BCUT2D eigenvalue weighted by molar-refractivity contribution is 5.52. The Labute approximate surface area is 158 Å². The van der Waals surface area contributed by atoms with Gasteiger partial charge in [-0.3, -0.25) is 0 Å². The molecular weight excluding hydrogens is 304 g/mol. The first-order valence-corrected chi connectivity index (χ1v) is 10.1. The molecule has 146 valence electrons. The van der Waals surface area contributed by atoms with Crippen LogP contribution in [0.4, 0.5) is 0 Å². The predicted molar refractivity (Wildman–Crippen MR) is 113 cm³/mol. The number of hydrogen-bond donors (Lipinski definition) is 0. The van der Waals surface area contributed by atoms with Crippen LogP contribution in [0.1, 0.15) is 100 Å². The van der Waals surface area contributed by atoms with Gasteiger partial charge in [0.2, 0.25) is 0 Å². The van der Waals surface area contributed by atoms with Crippen LogP contribution in [-0.2, 0) is 4.79 Å². The molecule has 0 N–H and O–H groups in total. The Morgan fingerprint density at radius 2 is 1.88 bits per heavy atom. The highest BCUT2D eigenvalue weighted by atomic mass is 16.1. The lowest BCUT2D eigenvalue weighted by Crippen LogP contribution is -2.49. The van der Waals surface area contributed by atoms with E-state index in [1.165, 1.54) is 49.7 Å². The van der Waals surface area contributed by atoms with Gasteiger partial charge in [-0.05, 0) is 68.1 Å². The van der Waals surface area contributed by atoms with Crippen LogP contribution in [0.5, 0.6) is 0 Å². The smallest absolute Gasteiger partial charge is 0.123 e. The van der Waals surface area contributed by atoms with Gasteiger partial charge < -0.3 is 4.79 Å². The Hall–Kier alpha value is -0.850. The van der Waals surface area contributed by atoms with E-state index in [2.05, 4.69) is 40.3 Å². The van der Waals surface area contributed by atoms with Crippen LogP contribution in [-0.4, -0.2) is 6.29 Å². The first-order chi connectivity index (χ1) is 11.3. The minimum Gasteiger partial charge on any atom is -0.303 e. The van der Waals surface area contributed by atoms with Crippen molar-refractivity contribution in [3.05, 3.63) is 23.8 Å².